The van der Waals surface area contributed by atoms with Gasteiger partial charge in [0.25, 0.3) is 5.91 Å². The molecule has 3 aromatic rings. The van der Waals surface area contributed by atoms with Crippen molar-refractivity contribution in [1.82, 2.24) is 30.0 Å². The average Bonchev–Trinajstić information content (AvgIpc) is 3.28. The lowest BCUT2D eigenvalue weighted by atomic mass is 10.3. The van der Waals surface area contributed by atoms with E-state index in [2.05, 4.69) is 20.4 Å². The van der Waals surface area contributed by atoms with Gasteiger partial charge in [0.15, 0.2) is 12.4 Å². The Morgan fingerprint density at radius 3 is 2.31 bits per heavy atom. The van der Waals surface area contributed by atoms with Crippen LogP contribution in [-0.2, 0) is 11.3 Å². The summed E-state index contributed by atoms with van der Waals surface area (Å²) in [5.41, 5.74) is 0.876. The van der Waals surface area contributed by atoms with Crippen LogP contribution in [0.25, 0.3) is 5.69 Å². The molecule has 2 aromatic carbocycles. The Morgan fingerprint density at radius 1 is 0.969 bits per heavy atom. The standard InChI is InChI=1S/C22H25ClN6O3/c1-2-31-19-9-5-18(6-10-19)29-21(24-25-26-29)15-27-11-13-28(14-12-27)22(30)16-32-20-7-3-17(23)4-8-20/h3-10H,2,11-16H2,1H3. The van der Waals surface area contributed by atoms with Crippen molar-refractivity contribution in [2.45, 2.75) is 13.5 Å². The number of nitrogens with zero attached hydrogens (tertiary/aromatic N) is 6. The van der Waals surface area contributed by atoms with Gasteiger partial charge in [-0.05, 0) is 65.9 Å². The summed E-state index contributed by atoms with van der Waals surface area (Å²) in [6, 6.07) is 14.7. The minimum Gasteiger partial charge on any atom is -0.494 e. The molecule has 0 saturated carbocycles. The molecule has 2 heterocycles. The fraction of sp³-hybridized carbons (Fsp3) is 0.364. The van der Waals surface area contributed by atoms with Gasteiger partial charge in [-0.2, -0.15) is 4.68 Å². The zero-order valence-electron chi connectivity index (χ0n) is 17.9. The highest BCUT2D eigenvalue weighted by Crippen LogP contribution is 2.17. The molecule has 4 rings (SSSR count). The summed E-state index contributed by atoms with van der Waals surface area (Å²) >= 11 is 5.87. The van der Waals surface area contributed by atoms with Gasteiger partial charge in [0.1, 0.15) is 11.5 Å². The van der Waals surface area contributed by atoms with Crippen molar-refractivity contribution < 1.29 is 14.3 Å². The topological polar surface area (TPSA) is 85.6 Å². The number of carbonyl (C=O) groups is 1. The number of benzene rings is 2. The normalized spacial score (nSPS) is 14.4. The van der Waals surface area contributed by atoms with Gasteiger partial charge >= 0.3 is 0 Å². The van der Waals surface area contributed by atoms with Crippen LogP contribution in [0.4, 0.5) is 0 Å². The maximum Gasteiger partial charge on any atom is 0.260 e. The fourth-order valence-electron chi connectivity index (χ4n) is 3.48. The quantitative estimate of drug-likeness (QED) is 0.514. The molecule has 0 spiro atoms. The van der Waals surface area contributed by atoms with Gasteiger partial charge in [-0.15, -0.1) is 5.10 Å². The second kappa shape index (κ2) is 10.4. The van der Waals surface area contributed by atoms with Crippen LogP contribution in [0.1, 0.15) is 12.7 Å². The van der Waals surface area contributed by atoms with E-state index in [9.17, 15) is 4.79 Å². The van der Waals surface area contributed by atoms with Crippen LogP contribution in [-0.4, -0.2) is 75.3 Å². The minimum atomic E-state index is -0.0289. The van der Waals surface area contributed by atoms with Crippen molar-refractivity contribution in [3.63, 3.8) is 0 Å². The number of carbonyl (C=O) groups excluding carboxylic acids is 1. The molecule has 1 aliphatic rings. The predicted octanol–water partition coefficient (Wildman–Crippen LogP) is 2.44. The van der Waals surface area contributed by atoms with Gasteiger partial charge in [0.05, 0.1) is 18.8 Å². The van der Waals surface area contributed by atoms with E-state index in [1.807, 2.05) is 36.1 Å². The molecule has 0 bridgehead atoms. The zero-order valence-corrected chi connectivity index (χ0v) is 18.6. The van der Waals surface area contributed by atoms with Crippen molar-refractivity contribution in [2.24, 2.45) is 0 Å². The molecule has 1 aromatic heterocycles. The van der Waals surface area contributed by atoms with Crippen LogP contribution in [0.2, 0.25) is 5.02 Å². The molecule has 0 unspecified atom stereocenters. The van der Waals surface area contributed by atoms with Gasteiger partial charge in [0.2, 0.25) is 0 Å². The lowest BCUT2D eigenvalue weighted by Gasteiger charge is -2.34. The Balaban J connectivity index is 1.27. The minimum absolute atomic E-state index is 0.0115. The second-order valence-electron chi connectivity index (χ2n) is 7.33. The van der Waals surface area contributed by atoms with Crippen LogP contribution in [0.15, 0.2) is 48.5 Å². The van der Waals surface area contributed by atoms with Crippen molar-refractivity contribution >= 4 is 17.5 Å². The first kappa shape index (κ1) is 22.0. The van der Waals surface area contributed by atoms with Crippen LogP contribution >= 0.6 is 11.6 Å². The van der Waals surface area contributed by atoms with E-state index in [1.54, 1.807) is 28.9 Å². The van der Waals surface area contributed by atoms with E-state index in [-0.39, 0.29) is 12.5 Å². The highest BCUT2D eigenvalue weighted by Gasteiger charge is 2.23. The number of hydrogen-bond acceptors (Lipinski definition) is 7. The molecule has 0 N–H and O–H groups in total. The molecule has 0 atom stereocenters. The third-order valence-corrected chi connectivity index (χ3v) is 5.44. The van der Waals surface area contributed by atoms with Gasteiger partial charge in [-0.1, -0.05) is 11.6 Å². The molecule has 1 fully saturated rings. The summed E-state index contributed by atoms with van der Waals surface area (Å²) in [6.45, 7) is 5.93. The largest absolute Gasteiger partial charge is 0.494 e. The first-order valence-electron chi connectivity index (χ1n) is 10.5. The molecule has 10 heteroatoms. The molecular formula is C22H25ClN6O3. The van der Waals surface area contributed by atoms with Crippen molar-refractivity contribution in [3.05, 3.63) is 59.4 Å². The van der Waals surface area contributed by atoms with Gasteiger partial charge in [0, 0.05) is 31.2 Å². The second-order valence-corrected chi connectivity index (χ2v) is 7.77. The third-order valence-electron chi connectivity index (χ3n) is 5.19. The predicted molar refractivity (Wildman–Crippen MR) is 119 cm³/mol. The Kier molecular flexibility index (Phi) is 7.18. The van der Waals surface area contributed by atoms with Gasteiger partial charge < -0.3 is 14.4 Å². The number of rotatable bonds is 8. The van der Waals surface area contributed by atoms with Crippen molar-refractivity contribution in [2.75, 3.05) is 39.4 Å². The number of hydrogen-bond donors (Lipinski definition) is 0. The van der Waals surface area contributed by atoms with Crippen LogP contribution in [0.3, 0.4) is 0 Å². The highest BCUT2D eigenvalue weighted by molar-refractivity contribution is 6.30. The number of halogens is 1. The lowest BCUT2D eigenvalue weighted by Crippen LogP contribution is -2.49. The van der Waals surface area contributed by atoms with E-state index in [4.69, 9.17) is 21.1 Å². The number of tetrazole rings is 1. The number of amides is 1. The molecule has 1 amide bonds. The molecule has 32 heavy (non-hydrogen) atoms. The summed E-state index contributed by atoms with van der Waals surface area (Å²) in [4.78, 5) is 16.5. The third kappa shape index (κ3) is 5.54. The van der Waals surface area contributed by atoms with E-state index in [0.717, 1.165) is 30.4 Å². The van der Waals surface area contributed by atoms with E-state index >= 15 is 0 Å². The molecule has 168 valence electrons. The van der Waals surface area contributed by atoms with Crippen molar-refractivity contribution in [3.8, 4) is 17.2 Å². The Morgan fingerprint density at radius 2 is 1.62 bits per heavy atom. The summed E-state index contributed by atoms with van der Waals surface area (Å²) < 4.78 is 12.8. The monoisotopic (exact) mass is 456 g/mol. The highest BCUT2D eigenvalue weighted by atomic mass is 35.5. The molecule has 0 radical (unpaired) electrons. The lowest BCUT2D eigenvalue weighted by molar-refractivity contribution is -0.135. The SMILES string of the molecule is CCOc1ccc(-n2nnnc2CN2CCN(C(=O)COc3ccc(Cl)cc3)CC2)cc1. The zero-order chi connectivity index (χ0) is 22.3. The smallest absolute Gasteiger partial charge is 0.260 e. The molecule has 9 nitrogen and oxygen atoms in total. The Labute approximate surface area is 191 Å². The Bertz CT molecular complexity index is 1020. The van der Waals surface area contributed by atoms with Gasteiger partial charge in [-0.25, -0.2) is 0 Å². The first-order valence-corrected chi connectivity index (χ1v) is 10.9. The molecule has 1 aliphatic heterocycles. The van der Waals surface area contributed by atoms with Gasteiger partial charge in [-0.3, -0.25) is 9.69 Å². The molecule has 0 aliphatic carbocycles. The van der Waals surface area contributed by atoms with Crippen LogP contribution in [0.5, 0.6) is 11.5 Å². The Hall–Kier alpha value is -3.17. The number of aromatic nitrogens is 4. The van der Waals surface area contributed by atoms with Crippen molar-refractivity contribution in [1.29, 1.82) is 0 Å². The maximum atomic E-state index is 12.5. The van der Waals surface area contributed by atoms with Crippen LogP contribution in [0, 0.1) is 0 Å². The maximum absolute atomic E-state index is 12.5. The van der Waals surface area contributed by atoms with E-state index < -0.39 is 0 Å². The summed E-state index contributed by atoms with van der Waals surface area (Å²) in [5, 5.41) is 12.8. The number of piperazine rings is 1. The number of ether oxygens (including phenoxy) is 2. The molecule has 1 saturated heterocycles. The first-order chi connectivity index (χ1) is 15.6. The summed E-state index contributed by atoms with van der Waals surface area (Å²) in [7, 11) is 0. The molecular weight excluding hydrogens is 432 g/mol. The van der Waals surface area contributed by atoms with Crippen LogP contribution < -0.4 is 9.47 Å². The fourth-order valence-corrected chi connectivity index (χ4v) is 3.60. The summed E-state index contributed by atoms with van der Waals surface area (Å²) in [6.07, 6.45) is 0. The van der Waals surface area contributed by atoms with E-state index in [1.165, 1.54) is 0 Å². The summed E-state index contributed by atoms with van der Waals surface area (Å²) in [5.74, 6) is 2.16. The average molecular weight is 457 g/mol. The van der Waals surface area contributed by atoms with E-state index in [0.29, 0.717) is 37.0 Å².